The predicted molar refractivity (Wildman–Crippen MR) is 102 cm³/mol. The highest BCUT2D eigenvalue weighted by Crippen LogP contribution is 2.29. The topological polar surface area (TPSA) is 46.6 Å². The van der Waals surface area contributed by atoms with Crippen LogP contribution in [0.3, 0.4) is 0 Å². The van der Waals surface area contributed by atoms with Gasteiger partial charge in [0.05, 0.1) is 12.7 Å². The number of likely N-dealkylation sites (tertiary alicyclic amines) is 1. The number of pyridine rings is 1. The standard InChI is InChI=1S/C21H33N3O2/c1-16-13-24(14-19-3-2-10-25-19)9-7-20(16)23-12-18-6-8-22-21(11-18)26-15-17-4-5-17/h6,8,11,16-17,19-20,23H,2-5,7,9-10,12-15H2,1H3/t16-,19-,20+/m1/s1. The van der Waals surface area contributed by atoms with E-state index in [1.165, 1.54) is 50.8 Å². The van der Waals surface area contributed by atoms with E-state index in [2.05, 4.69) is 34.3 Å². The number of rotatable bonds is 8. The molecule has 2 aliphatic heterocycles. The van der Waals surface area contributed by atoms with Crippen molar-refractivity contribution in [3.8, 4) is 5.88 Å². The van der Waals surface area contributed by atoms with E-state index in [0.717, 1.165) is 38.1 Å². The molecule has 4 rings (SSSR count). The van der Waals surface area contributed by atoms with Crippen LogP contribution in [0.15, 0.2) is 18.3 Å². The van der Waals surface area contributed by atoms with Gasteiger partial charge in [0.25, 0.3) is 0 Å². The van der Waals surface area contributed by atoms with Gasteiger partial charge in [-0.15, -0.1) is 0 Å². The molecule has 5 nitrogen and oxygen atoms in total. The lowest BCUT2D eigenvalue weighted by atomic mass is 9.93. The SMILES string of the molecule is C[C@@H]1CN(C[C@H]2CCCO2)CC[C@@H]1NCc1ccnc(OCC2CC2)c1. The van der Waals surface area contributed by atoms with Gasteiger partial charge in [-0.05, 0) is 62.1 Å². The van der Waals surface area contributed by atoms with E-state index >= 15 is 0 Å². The summed E-state index contributed by atoms with van der Waals surface area (Å²) in [5.74, 6) is 2.20. The number of aromatic nitrogens is 1. The van der Waals surface area contributed by atoms with Gasteiger partial charge in [0, 0.05) is 44.5 Å². The average Bonchev–Trinajstić information content (AvgIpc) is 3.35. The molecule has 1 saturated carbocycles. The van der Waals surface area contributed by atoms with Crippen LogP contribution in [0.2, 0.25) is 0 Å². The maximum absolute atomic E-state index is 5.80. The highest BCUT2D eigenvalue weighted by molar-refractivity contribution is 5.20. The van der Waals surface area contributed by atoms with Crippen LogP contribution in [0.4, 0.5) is 0 Å². The third-order valence-corrected chi connectivity index (χ3v) is 6.01. The lowest BCUT2D eigenvalue weighted by Crippen LogP contribution is -2.49. The fourth-order valence-corrected chi connectivity index (χ4v) is 4.15. The van der Waals surface area contributed by atoms with E-state index in [4.69, 9.17) is 9.47 Å². The number of ether oxygens (including phenoxy) is 2. The zero-order valence-corrected chi connectivity index (χ0v) is 16.0. The molecule has 3 fully saturated rings. The average molecular weight is 360 g/mol. The monoisotopic (exact) mass is 359 g/mol. The summed E-state index contributed by atoms with van der Waals surface area (Å²) < 4.78 is 11.6. The number of hydrogen-bond donors (Lipinski definition) is 1. The Morgan fingerprint density at radius 1 is 1.31 bits per heavy atom. The number of nitrogens with one attached hydrogen (secondary N) is 1. The Morgan fingerprint density at radius 2 is 2.23 bits per heavy atom. The second-order valence-electron chi connectivity index (χ2n) is 8.40. The van der Waals surface area contributed by atoms with Crippen molar-refractivity contribution in [3.05, 3.63) is 23.9 Å². The van der Waals surface area contributed by atoms with Gasteiger partial charge in [-0.2, -0.15) is 0 Å². The highest BCUT2D eigenvalue weighted by Gasteiger charge is 2.28. The summed E-state index contributed by atoms with van der Waals surface area (Å²) in [6.45, 7) is 8.50. The van der Waals surface area contributed by atoms with Crippen LogP contribution in [-0.4, -0.2) is 54.9 Å². The molecular weight excluding hydrogens is 326 g/mol. The number of hydrogen-bond acceptors (Lipinski definition) is 5. The molecular formula is C21H33N3O2. The molecule has 0 spiro atoms. The minimum Gasteiger partial charge on any atom is -0.477 e. The van der Waals surface area contributed by atoms with E-state index in [9.17, 15) is 0 Å². The zero-order valence-electron chi connectivity index (χ0n) is 16.0. The Balaban J connectivity index is 1.21. The summed E-state index contributed by atoms with van der Waals surface area (Å²) in [6.07, 6.45) is 8.64. The molecule has 5 heteroatoms. The summed E-state index contributed by atoms with van der Waals surface area (Å²) in [5.41, 5.74) is 1.26. The van der Waals surface area contributed by atoms with Crippen molar-refractivity contribution in [2.45, 2.75) is 57.7 Å². The van der Waals surface area contributed by atoms with Crippen LogP contribution >= 0.6 is 0 Å². The molecule has 3 atom stereocenters. The van der Waals surface area contributed by atoms with Crippen molar-refractivity contribution in [1.82, 2.24) is 15.2 Å². The van der Waals surface area contributed by atoms with Crippen molar-refractivity contribution >= 4 is 0 Å². The van der Waals surface area contributed by atoms with Crippen LogP contribution in [0.1, 0.15) is 44.6 Å². The van der Waals surface area contributed by atoms with Crippen molar-refractivity contribution in [3.63, 3.8) is 0 Å². The highest BCUT2D eigenvalue weighted by atomic mass is 16.5. The Kier molecular flexibility index (Phi) is 6.08. The van der Waals surface area contributed by atoms with Gasteiger partial charge in [-0.1, -0.05) is 6.92 Å². The molecule has 1 aromatic heterocycles. The normalized spacial score (nSPS) is 29.8. The van der Waals surface area contributed by atoms with Crippen LogP contribution < -0.4 is 10.1 Å². The summed E-state index contributed by atoms with van der Waals surface area (Å²) in [4.78, 5) is 6.93. The molecule has 1 N–H and O–H groups in total. The van der Waals surface area contributed by atoms with Crippen molar-refractivity contribution in [1.29, 1.82) is 0 Å². The number of piperidine rings is 1. The van der Waals surface area contributed by atoms with Crippen LogP contribution in [-0.2, 0) is 11.3 Å². The molecule has 3 heterocycles. The van der Waals surface area contributed by atoms with E-state index < -0.39 is 0 Å². The van der Waals surface area contributed by atoms with Crippen molar-refractivity contribution in [2.24, 2.45) is 11.8 Å². The first-order valence-electron chi connectivity index (χ1n) is 10.4. The summed E-state index contributed by atoms with van der Waals surface area (Å²) in [5, 5.41) is 3.77. The lowest BCUT2D eigenvalue weighted by molar-refractivity contribution is 0.0512. The van der Waals surface area contributed by atoms with Crippen LogP contribution in [0, 0.1) is 11.8 Å². The van der Waals surface area contributed by atoms with Gasteiger partial charge >= 0.3 is 0 Å². The Morgan fingerprint density at radius 3 is 3.00 bits per heavy atom. The fraction of sp³-hybridized carbons (Fsp3) is 0.762. The molecule has 26 heavy (non-hydrogen) atoms. The number of nitrogens with zero attached hydrogens (tertiary/aromatic N) is 2. The molecule has 2 saturated heterocycles. The lowest BCUT2D eigenvalue weighted by Gasteiger charge is -2.38. The first-order valence-corrected chi connectivity index (χ1v) is 10.4. The largest absolute Gasteiger partial charge is 0.477 e. The van der Waals surface area contributed by atoms with E-state index in [1.54, 1.807) is 0 Å². The quantitative estimate of drug-likeness (QED) is 0.773. The minimum atomic E-state index is 0.470. The second-order valence-corrected chi connectivity index (χ2v) is 8.40. The molecule has 1 aliphatic carbocycles. The van der Waals surface area contributed by atoms with E-state index in [1.807, 2.05) is 6.20 Å². The minimum absolute atomic E-state index is 0.470. The Hall–Kier alpha value is -1.17. The third kappa shape index (κ3) is 5.18. The fourth-order valence-electron chi connectivity index (χ4n) is 4.15. The molecule has 3 aliphatic rings. The molecule has 0 bridgehead atoms. The van der Waals surface area contributed by atoms with E-state index in [-0.39, 0.29) is 0 Å². The maximum atomic E-state index is 5.80. The zero-order chi connectivity index (χ0) is 17.8. The Labute approximate surface area is 157 Å². The van der Waals surface area contributed by atoms with Gasteiger partial charge in [0.2, 0.25) is 5.88 Å². The molecule has 0 unspecified atom stereocenters. The Bertz CT molecular complexity index is 572. The summed E-state index contributed by atoms with van der Waals surface area (Å²) in [7, 11) is 0. The molecule has 144 valence electrons. The maximum Gasteiger partial charge on any atom is 0.213 e. The van der Waals surface area contributed by atoms with Crippen molar-refractivity contribution in [2.75, 3.05) is 32.8 Å². The second kappa shape index (κ2) is 8.68. The molecule has 1 aromatic rings. The summed E-state index contributed by atoms with van der Waals surface area (Å²) in [6, 6.07) is 4.76. The van der Waals surface area contributed by atoms with Gasteiger partial charge in [0.1, 0.15) is 0 Å². The van der Waals surface area contributed by atoms with Gasteiger partial charge in [-0.3, -0.25) is 0 Å². The van der Waals surface area contributed by atoms with Crippen molar-refractivity contribution < 1.29 is 9.47 Å². The predicted octanol–water partition coefficient (Wildman–Crippen LogP) is 2.85. The first kappa shape index (κ1) is 18.2. The van der Waals surface area contributed by atoms with Gasteiger partial charge in [0.15, 0.2) is 0 Å². The van der Waals surface area contributed by atoms with Crippen LogP contribution in [0.25, 0.3) is 0 Å². The summed E-state index contributed by atoms with van der Waals surface area (Å²) >= 11 is 0. The van der Waals surface area contributed by atoms with Crippen LogP contribution in [0.5, 0.6) is 5.88 Å². The van der Waals surface area contributed by atoms with Gasteiger partial charge in [-0.25, -0.2) is 4.98 Å². The third-order valence-electron chi connectivity index (χ3n) is 6.01. The van der Waals surface area contributed by atoms with E-state index in [0.29, 0.717) is 18.1 Å². The first-order chi connectivity index (χ1) is 12.8. The molecule has 0 radical (unpaired) electrons. The smallest absolute Gasteiger partial charge is 0.213 e. The molecule has 0 amide bonds. The van der Waals surface area contributed by atoms with Gasteiger partial charge < -0.3 is 19.7 Å². The molecule has 0 aromatic carbocycles.